The molecule has 610 valence electrons. The summed E-state index contributed by atoms with van der Waals surface area (Å²) in [5, 5.41) is 18.8. The first kappa shape index (κ1) is 82.1. The molecule has 0 bridgehead atoms. The lowest BCUT2D eigenvalue weighted by Gasteiger charge is -2.15. The molecule has 14 aromatic rings. The number of halogens is 3. The average molecular weight is 1620 g/mol. The van der Waals surface area contributed by atoms with E-state index in [0.29, 0.717) is 162 Å². The van der Waals surface area contributed by atoms with E-state index in [-0.39, 0.29) is 89.3 Å². The third-order valence-corrected chi connectivity index (χ3v) is 20.6. The molecule has 9 aromatic carbocycles. The molecule has 6 amide bonds. The van der Waals surface area contributed by atoms with E-state index in [1.54, 1.807) is 134 Å². The summed E-state index contributed by atoms with van der Waals surface area (Å²) in [5.41, 5.74) is 9.68. The monoisotopic (exact) mass is 1620 g/mol. The van der Waals surface area contributed by atoms with E-state index in [9.17, 15) is 41.9 Å². The van der Waals surface area contributed by atoms with Gasteiger partial charge in [-0.15, -0.1) is 0 Å². The van der Waals surface area contributed by atoms with Gasteiger partial charge in [0.1, 0.15) is 88.6 Å². The van der Waals surface area contributed by atoms with Gasteiger partial charge in [0.25, 0.3) is 35.4 Å². The summed E-state index contributed by atoms with van der Waals surface area (Å²) in [4.78, 5) is 94.4. The Morgan fingerprint density at radius 3 is 1.27 bits per heavy atom. The van der Waals surface area contributed by atoms with Crippen LogP contribution in [-0.2, 0) is 19.8 Å². The number of hydrogen-bond donors (Lipinski definition) is 7. The second-order valence-electron chi connectivity index (χ2n) is 29.8. The number of aromatic amines is 1. The van der Waals surface area contributed by atoms with Gasteiger partial charge in [-0.1, -0.05) is 57.7 Å². The minimum Gasteiger partial charge on any atom is -0.487 e. The van der Waals surface area contributed by atoms with Crippen LogP contribution in [0.25, 0.3) is 100 Å². The first-order chi connectivity index (χ1) is 58.2. The molecule has 0 aliphatic rings. The summed E-state index contributed by atoms with van der Waals surface area (Å²) in [6.07, 6.45) is 9.52. The number of hydrogen-bond acceptors (Lipinski definition) is 14. The number of carbonyl (C=O) groups excluding carboxylic acids is 6. The summed E-state index contributed by atoms with van der Waals surface area (Å²) in [6, 6.07) is 48.7. The normalized spacial score (nSPS) is 11.8. The molecule has 0 aliphatic carbocycles. The molecule has 0 saturated carbocycles. The van der Waals surface area contributed by atoms with Gasteiger partial charge >= 0.3 is 0 Å². The lowest BCUT2D eigenvalue weighted by atomic mass is 9.98. The number of carbonyl (C=O) groups is 6. The van der Waals surface area contributed by atoms with Crippen LogP contribution in [0.1, 0.15) is 127 Å². The van der Waals surface area contributed by atoms with Crippen LogP contribution in [0, 0.1) is 47.0 Å². The van der Waals surface area contributed by atoms with Gasteiger partial charge in [-0.25, -0.2) is 23.1 Å². The highest BCUT2D eigenvalue weighted by Gasteiger charge is 2.28. The summed E-state index contributed by atoms with van der Waals surface area (Å²) >= 11 is 0. The zero-order valence-electron chi connectivity index (χ0n) is 67.0. The van der Waals surface area contributed by atoms with Crippen molar-refractivity contribution in [3.8, 4) is 96.4 Å². The number of nitrogens with one attached hydrogen (secondary N) is 7. The van der Waals surface area contributed by atoms with Crippen LogP contribution in [0.2, 0.25) is 0 Å². The van der Waals surface area contributed by atoms with Gasteiger partial charge in [0, 0.05) is 126 Å². The molecule has 14 rings (SSSR count). The second kappa shape index (κ2) is 37.2. The molecule has 0 saturated heterocycles. The fourth-order valence-corrected chi connectivity index (χ4v) is 14.1. The van der Waals surface area contributed by atoms with Crippen LogP contribution >= 0.6 is 0 Å². The highest BCUT2D eigenvalue weighted by molar-refractivity contribution is 6.14. The Balaban J connectivity index is 0.623. The molecule has 25 heteroatoms. The van der Waals surface area contributed by atoms with Crippen molar-refractivity contribution in [2.75, 3.05) is 47.4 Å². The summed E-state index contributed by atoms with van der Waals surface area (Å²) in [6.45, 7) is 10.1. The van der Waals surface area contributed by atoms with Crippen LogP contribution < -0.4 is 46.1 Å². The highest BCUT2D eigenvalue weighted by atomic mass is 19.1. The van der Waals surface area contributed by atoms with Crippen molar-refractivity contribution in [1.29, 1.82) is 0 Å². The largest absolute Gasteiger partial charge is 0.487 e. The Kier molecular flexibility index (Phi) is 25.5. The molecule has 120 heavy (non-hydrogen) atoms. The summed E-state index contributed by atoms with van der Waals surface area (Å²) in [7, 11) is 4.56. The standard InChI is InChI=1S/C95H87F3N10O12/c1-55(2)46-103-90(109)64-22-31-78(72(43-64)61-19-34-81-75(40-61)84(93(112)99-5)87(118-81)58-13-25-67(96)26-14-58)115-39-11-9-8-10-12-56(3)47-104-91(110)65-24-33-80(74(45-65)63-21-36-83-77(42-63)86(95(114)101-7)89(120-83)60-17-29-69(98)30-18-60)117-52-71-50-108(54-107-71)38-37-57(4)48-105-92(111)66-23-32-79(116-51-70-49-102-53-106-70)73(44-66)62-20-35-82-76(41-62)85(94(113)100-6)88(119-82)59-15-27-68(97)28-16-59/h13-36,40-45,49-50,53-57H,8,10,12,37-39,46-48,51-52H2,1-7H3,(H,99,112)(H,100,113)(H,101,114)(H,102,106)(H,103,109)(H,104,110)(H,105,111). The van der Waals surface area contributed by atoms with Crippen molar-refractivity contribution in [2.24, 2.45) is 17.8 Å². The fraction of sp³-hybridized carbons (Fsp3) is 0.221. The zero-order valence-corrected chi connectivity index (χ0v) is 67.0. The van der Waals surface area contributed by atoms with Crippen LogP contribution in [0.4, 0.5) is 13.2 Å². The molecule has 2 unspecified atom stereocenters. The molecule has 7 N–H and O–H groups in total. The number of unbranched alkanes of at least 4 members (excludes halogenated alkanes) is 1. The van der Waals surface area contributed by atoms with Crippen molar-refractivity contribution in [3.05, 3.63) is 269 Å². The van der Waals surface area contributed by atoms with Crippen molar-refractivity contribution < 1.29 is 69.4 Å². The van der Waals surface area contributed by atoms with Gasteiger partial charge in [-0.05, 0) is 217 Å². The lowest BCUT2D eigenvalue weighted by Crippen LogP contribution is -2.28. The highest BCUT2D eigenvalue weighted by Crippen LogP contribution is 2.43. The summed E-state index contributed by atoms with van der Waals surface area (Å²) < 4.78 is 82.1. The van der Waals surface area contributed by atoms with E-state index in [4.69, 9.17) is 27.5 Å². The second-order valence-corrected chi connectivity index (χ2v) is 29.8. The number of benzene rings is 9. The SMILES string of the molecule is CNC(=O)c1c(-c2ccc(F)cc2)oc2ccc(-c3cc(C(=O)NCC(C)C)ccc3OCC#CCCCC(C)CNC(=O)c3ccc(OCc4cn(CCC(C)CNC(=O)c5ccc(OCc6cnc[nH]6)c(-c6ccc7oc(-c8ccc(F)cc8)c(C(=O)NC)c7c6)c5)cn4)c(-c4ccc5oc(-c6ccc(F)cc6)c(C(=O)NC)c5c4)c3)cc12. The average Bonchev–Trinajstić information content (AvgIpc) is 1.62. The number of imidazole rings is 2. The van der Waals surface area contributed by atoms with E-state index >= 15 is 0 Å². The van der Waals surface area contributed by atoms with Gasteiger partial charge in [-0.2, -0.15) is 0 Å². The van der Waals surface area contributed by atoms with Gasteiger partial charge in [-0.3, -0.25) is 28.8 Å². The van der Waals surface area contributed by atoms with Crippen molar-refractivity contribution in [3.63, 3.8) is 0 Å². The molecule has 5 aromatic heterocycles. The first-order valence-corrected chi connectivity index (χ1v) is 39.4. The van der Waals surface area contributed by atoms with Crippen molar-refractivity contribution in [2.45, 2.75) is 73.1 Å². The first-order valence-electron chi connectivity index (χ1n) is 39.4. The van der Waals surface area contributed by atoms with Gasteiger partial charge in [0.15, 0.2) is 0 Å². The number of rotatable bonds is 32. The zero-order chi connectivity index (χ0) is 84.1. The van der Waals surface area contributed by atoms with Crippen molar-refractivity contribution >= 4 is 68.4 Å². The van der Waals surface area contributed by atoms with Crippen LogP contribution in [0.15, 0.2) is 220 Å². The van der Waals surface area contributed by atoms with Crippen molar-refractivity contribution in [1.82, 2.24) is 51.4 Å². The third kappa shape index (κ3) is 19.0. The molecule has 0 radical (unpaired) electrons. The molecule has 0 spiro atoms. The number of furan rings is 3. The minimum atomic E-state index is -0.448. The number of H-pyrrole nitrogens is 1. The van der Waals surface area contributed by atoms with Gasteiger partial charge in [0.2, 0.25) is 0 Å². The maximum atomic E-state index is 14.3. The van der Waals surface area contributed by atoms with Crippen LogP contribution in [-0.4, -0.2) is 102 Å². The molecule has 22 nitrogen and oxygen atoms in total. The van der Waals surface area contributed by atoms with E-state index in [2.05, 4.69) is 65.6 Å². The predicted molar refractivity (Wildman–Crippen MR) is 453 cm³/mol. The number of fused-ring (bicyclic) bond motifs is 3. The number of amides is 6. The molecular weight excluding hydrogens is 1530 g/mol. The number of aromatic nitrogens is 4. The number of ether oxygens (including phenoxy) is 3. The molecule has 2 atom stereocenters. The maximum Gasteiger partial charge on any atom is 0.255 e. The Labute approximate surface area is 689 Å². The van der Waals surface area contributed by atoms with Crippen LogP contribution in [0.3, 0.4) is 0 Å². The summed E-state index contributed by atoms with van der Waals surface area (Å²) in [5.74, 6) is 5.42. The predicted octanol–water partition coefficient (Wildman–Crippen LogP) is 18.0. The Hall–Kier alpha value is -14.4. The van der Waals surface area contributed by atoms with E-state index in [1.807, 2.05) is 61.9 Å². The van der Waals surface area contributed by atoms with Crippen LogP contribution in [0.5, 0.6) is 17.2 Å². The smallest absolute Gasteiger partial charge is 0.255 e. The number of nitrogens with zero attached hydrogens (tertiary/aromatic N) is 3. The Morgan fingerprint density at radius 1 is 0.458 bits per heavy atom. The molecule has 0 fully saturated rings. The minimum absolute atomic E-state index is 0.0184. The molecule has 0 aliphatic heterocycles. The lowest BCUT2D eigenvalue weighted by molar-refractivity contribution is 0.0939. The topological polar surface area (TPSA) is 288 Å². The third-order valence-electron chi connectivity index (χ3n) is 20.6. The van der Waals surface area contributed by atoms with E-state index < -0.39 is 35.2 Å². The van der Waals surface area contributed by atoms with Gasteiger partial charge < -0.3 is 68.9 Å². The number of aryl methyl sites for hydroxylation is 1. The Bertz CT molecular complexity index is 6200. The molecule has 5 heterocycles. The van der Waals surface area contributed by atoms with Gasteiger partial charge in [0.05, 0.1) is 46.9 Å². The molecular formula is C95H87F3N10O12. The van der Waals surface area contributed by atoms with E-state index in [0.717, 1.165) is 18.5 Å². The maximum absolute atomic E-state index is 14.3. The Morgan fingerprint density at radius 2 is 0.858 bits per heavy atom. The van der Waals surface area contributed by atoms with E-state index in [1.165, 1.54) is 57.5 Å². The fourth-order valence-electron chi connectivity index (χ4n) is 14.1. The quantitative estimate of drug-likeness (QED) is 0.0152.